The maximum Gasteiger partial charge on any atom is 0.0931 e. The molecule has 0 bridgehead atoms. The van der Waals surface area contributed by atoms with Gasteiger partial charge in [-0.3, -0.25) is 0 Å². The van der Waals surface area contributed by atoms with Crippen molar-refractivity contribution in [2.24, 2.45) is 5.92 Å². The second kappa shape index (κ2) is 7.52. The lowest BCUT2D eigenvalue weighted by Crippen LogP contribution is -2.34. The SMILES string of the molecule is CCCC1CCC(NCCc2ccc(Cl)s2)CC1. The van der Waals surface area contributed by atoms with Crippen molar-refractivity contribution in [2.45, 2.75) is 57.9 Å². The van der Waals surface area contributed by atoms with E-state index in [1.54, 1.807) is 11.3 Å². The predicted molar refractivity (Wildman–Crippen MR) is 81.7 cm³/mol. The number of halogens is 1. The lowest BCUT2D eigenvalue weighted by Gasteiger charge is -2.29. The Morgan fingerprint density at radius 3 is 2.67 bits per heavy atom. The third-order valence-electron chi connectivity index (χ3n) is 3.98. The van der Waals surface area contributed by atoms with Crippen molar-refractivity contribution in [3.05, 3.63) is 21.3 Å². The van der Waals surface area contributed by atoms with E-state index in [0.29, 0.717) is 0 Å². The summed E-state index contributed by atoms with van der Waals surface area (Å²) in [5, 5.41) is 3.71. The Kier molecular flexibility index (Phi) is 6.00. The fourth-order valence-electron chi connectivity index (χ4n) is 2.95. The second-order valence-corrected chi connectivity index (χ2v) is 7.22. The molecule has 1 fully saturated rings. The van der Waals surface area contributed by atoms with E-state index in [1.807, 2.05) is 6.07 Å². The van der Waals surface area contributed by atoms with Crippen LogP contribution in [0.5, 0.6) is 0 Å². The van der Waals surface area contributed by atoms with E-state index >= 15 is 0 Å². The number of rotatable bonds is 6. The molecule has 0 aliphatic heterocycles. The molecule has 3 heteroatoms. The average molecular weight is 286 g/mol. The molecule has 1 aliphatic rings. The first-order valence-electron chi connectivity index (χ1n) is 7.25. The molecule has 0 unspecified atom stereocenters. The van der Waals surface area contributed by atoms with Crippen LogP contribution in [-0.4, -0.2) is 12.6 Å². The van der Waals surface area contributed by atoms with Crippen molar-refractivity contribution >= 4 is 22.9 Å². The summed E-state index contributed by atoms with van der Waals surface area (Å²) in [4.78, 5) is 1.40. The van der Waals surface area contributed by atoms with Gasteiger partial charge < -0.3 is 5.32 Å². The van der Waals surface area contributed by atoms with Gasteiger partial charge in [0, 0.05) is 17.5 Å². The number of nitrogens with one attached hydrogen (secondary N) is 1. The van der Waals surface area contributed by atoms with E-state index in [2.05, 4.69) is 18.3 Å². The second-order valence-electron chi connectivity index (χ2n) is 5.42. The van der Waals surface area contributed by atoms with E-state index in [-0.39, 0.29) is 0 Å². The van der Waals surface area contributed by atoms with Gasteiger partial charge in [-0.25, -0.2) is 0 Å². The molecule has 1 aromatic heterocycles. The van der Waals surface area contributed by atoms with Gasteiger partial charge >= 0.3 is 0 Å². The molecule has 0 atom stereocenters. The molecule has 0 radical (unpaired) electrons. The zero-order valence-electron chi connectivity index (χ0n) is 11.3. The molecule has 0 amide bonds. The molecule has 2 rings (SSSR count). The highest BCUT2D eigenvalue weighted by Crippen LogP contribution is 2.27. The maximum absolute atomic E-state index is 5.93. The first kappa shape index (κ1) is 14.4. The van der Waals surface area contributed by atoms with Gasteiger partial charge in [-0.15, -0.1) is 11.3 Å². The normalized spacial score (nSPS) is 24.3. The minimum Gasteiger partial charge on any atom is -0.314 e. The van der Waals surface area contributed by atoms with Gasteiger partial charge in [0.25, 0.3) is 0 Å². The van der Waals surface area contributed by atoms with Crippen LogP contribution in [0.1, 0.15) is 50.3 Å². The zero-order valence-corrected chi connectivity index (χ0v) is 12.8. The van der Waals surface area contributed by atoms with E-state index in [0.717, 1.165) is 29.3 Å². The summed E-state index contributed by atoms with van der Waals surface area (Å²) >= 11 is 7.64. The van der Waals surface area contributed by atoms with Crippen molar-refractivity contribution in [2.75, 3.05) is 6.54 Å². The Bertz CT molecular complexity index is 342. The Balaban J connectivity index is 1.60. The molecular weight excluding hydrogens is 262 g/mol. The van der Waals surface area contributed by atoms with Crippen LogP contribution < -0.4 is 5.32 Å². The summed E-state index contributed by atoms with van der Waals surface area (Å²) in [7, 11) is 0. The summed E-state index contributed by atoms with van der Waals surface area (Å²) in [5.41, 5.74) is 0. The van der Waals surface area contributed by atoms with Crippen molar-refractivity contribution < 1.29 is 0 Å². The summed E-state index contributed by atoms with van der Waals surface area (Å²) in [5.74, 6) is 1.00. The highest BCUT2D eigenvalue weighted by molar-refractivity contribution is 7.16. The minimum absolute atomic E-state index is 0.758. The monoisotopic (exact) mass is 285 g/mol. The van der Waals surface area contributed by atoms with E-state index in [9.17, 15) is 0 Å². The van der Waals surface area contributed by atoms with Gasteiger partial charge in [0.2, 0.25) is 0 Å². The molecule has 0 spiro atoms. The van der Waals surface area contributed by atoms with Crippen LogP contribution in [0.4, 0.5) is 0 Å². The van der Waals surface area contributed by atoms with E-state index in [1.165, 1.54) is 43.4 Å². The van der Waals surface area contributed by atoms with Crippen LogP contribution in [0.2, 0.25) is 4.34 Å². The summed E-state index contributed by atoms with van der Waals surface area (Å²) in [6, 6.07) is 4.90. The van der Waals surface area contributed by atoms with Gasteiger partial charge in [-0.05, 0) is 50.2 Å². The number of hydrogen-bond donors (Lipinski definition) is 1. The van der Waals surface area contributed by atoms with Gasteiger partial charge in [-0.2, -0.15) is 0 Å². The number of thiophene rings is 1. The van der Waals surface area contributed by atoms with Gasteiger partial charge in [-0.1, -0.05) is 31.4 Å². The fraction of sp³-hybridized carbons (Fsp3) is 0.733. The summed E-state index contributed by atoms with van der Waals surface area (Å²) in [6.45, 7) is 3.40. The third kappa shape index (κ3) is 4.56. The summed E-state index contributed by atoms with van der Waals surface area (Å²) < 4.78 is 0.907. The molecule has 0 aromatic carbocycles. The van der Waals surface area contributed by atoms with E-state index < -0.39 is 0 Å². The molecule has 0 saturated heterocycles. The van der Waals surface area contributed by atoms with Crippen LogP contribution in [0.3, 0.4) is 0 Å². The molecule has 1 heterocycles. The lowest BCUT2D eigenvalue weighted by atomic mass is 9.83. The van der Waals surface area contributed by atoms with Crippen molar-refractivity contribution in [1.82, 2.24) is 5.32 Å². The van der Waals surface area contributed by atoms with Crippen LogP contribution >= 0.6 is 22.9 Å². The van der Waals surface area contributed by atoms with Crippen LogP contribution in [0.15, 0.2) is 12.1 Å². The molecule has 1 nitrogen and oxygen atoms in total. The predicted octanol–water partition coefficient (Wildman–Crippen LogP) is 4.89. The smallest absolute Gasteiger partial charge is 0.0931 e. The Labute approximate surface area is 120 Å². The highest BCUT2D eigenvalue weighted by atomic mass is 35.5. The standard InChI is InChI=1S/C15H24ClNS/c1-2-3-12-4-6-13(7-5-12)17-11-10-14-8-9-15(16)18-14/h8-9,12-13,17H,2-7,10-11H2,1H3. The highest BCUT2D eigenvalue weighted by Gasteiger charge is 2.19. The molecule has 102 valence electrons. The molecule has 1 aromatic rings. The van der Waals surface area contributed by atoms with Gasteiger partial charge in [0.1, 0.15) is 0 Å². The van der Waals surface area contributed by atoms with Crippen LogP contribution in [0.25, 0.3) is 0 Å². The molecule has 1 N–H and O–H groups in total. The lowest BCUT2D eigenvalue weighted by molar-refractivity contribution is 0.279. The van der Waals surface area contributed by atoms with Crippen molar-refractivity contribution in [3.8, 4) is 0 Å². The first-order valence-corrected chi connectivity index (χ1v) is 8.45. The molecule has 1 saturated carbocycles. The van der Waals surface area contributed by atoms with Crippen molar-refractivity contribution in [1.29, 1.82) is 0 Å². The summed E-state index contributed by atoms with van der Waals surface area (Å²) in [6.07, 6.45) is 9.49. The average Bonchev–Trinajstić information content (AvgIpc) is 2.78. The minimum atomic E-state index is 0.758. The molecular formula is C15H24ClNS. The maximum atomic E-state index is 5.93. The molecule has 18 heavy (non-hydrogen) atoms. The van der Waals surface area contributed by atoms with Crippen LogP contribution in [-0.2, 0) is 6.42 Å². The Hall–Kier alpha value is -0.0500. The number of hydrogen-bond acceptors (Lipinski definition) is 2. The van der Waals surface area contributed by atoms with Gasteiger partial charge in [0.05, 0.1) is 4.34 Å². The topological polar surface area (TPSA) is 12.0 Å². The quantitative estimate of drug-likeness (QED) is 0.784. The van der Waals surface area contributed by atoms with Crippen LogP contribution in [0, 0.1) is 5.92 Å². The zero-order chi connectivity index (χ0) is 12.8. The Morgan fingerprint density at radius 2 is 2.06 bits per heavy atom. The fourth-order valence-corrected chi connectivity index (χ4v) is 4.04. The third-order valence-corrected chi connectivity index (χ3v) is 5.27. The first-order chi connectivity index (χ1) is 8.78. The van der Waals surface area contributed by atoms with Gasteiger partial charge in [0.15, 0.2) is 0 Å². The largest absolute Gasteiger partial charge is 0.314 e. The van der Waals surface area contributed by atoms with E-state index in [4.69, 9.17) is 11.6 Å². The van der Waals surface area contributed by atoms with Crippen molar-refractivity contribution in [3.63, 3.8) is 0 Å². The molecule has 1 aliphatic carbocycles. The Morgan fingerprint density at radius 1 is 1.28 bits per heavy atom.